The van der Waals surface area contributed by atoms with E-state index in [1.54, 1.807) is 25.1 Å². The Morgan fingerprint density at radius 3 is 2.60 bits per heavy atom. The van der Waals surface area contributed by atoms with Gasteiger partial charge in [0.15, 0.2) is 0 Å². The third kappa shape index (κ3) is 3.67. The minimum atomic E-state index is -0.651. The third-order valence-electron chi connectivity index (χ3n) is 3.81. The van der Waals surface area contributed by atoms with Crippen LogP contribution in [0.15, 0.2) is 60.2 Å². The summed E-state index contributed by atoms with van der Waals surface area (Å²) < 4.78 is 5.23. The highest BCUT2D eigenvalue weighted by Gasteiger charge is 2.34. The number of carbonyl (C=O) groups excluding carboxylic acids is 2. The molecule has 6 heteroatoms. The van der Waals surface area contributed by atoms with Crippen LogP contribution in [0, 0.1) is 0 Å². The maximum absolute atomic E-state index is 12.7. The highest BCUT2D eigenvalue weighted by molar-refractivity contribution is 6.30. The number of rotatable bonds is 4. The quantitative estimate of drug-likeness (QED) is 0.821. The zero-order valence-corrected chi connectivity index (χ0v) is 14.3. The van der Waals surface area contributed by atoms with Gasteiger partial charge in [-0.15, -0.1) is 0 Å². The van der Waals surface area contributed by atoms with E-state index in [4.69, 9.17) is 16.3 Å². The number of urea groups is 1. The Hall–Kier alpha value is -2.79. The molecule has 5 nitrogen and oxygen atoms in total. The van der Waals surface area contributed by atoms with Gasteiger partial charge in [-0.2, -0.15) is 0 Å². The van der Waals surface area contributed by atoms with Gasteiger partial charge in [0.05, 0.1) is 23.9 Å². The van der Waals surface area contributed by atoms with Gasteiger partial charge in [0.2, 0.25) is 0 Å². The zero-order chi connectivity index (χ0) is 17.8. The Morgan fingerprint density at radius 2 is 1.92 bits per heavy atom. The fourth-order valence-electron chi connectivity index (χ4n) is 2.76. The van der Waals surface area contributed by atoms with Gasteiger partial charge in [0.25, 0.3) is 0 Å². The van der Waals surface area contributed by atoms with Crippen molar-refractivity contribution < 1.29 is 14.3 Å². The lowest BCUT2D eigenvalue weighted by molar-refractivity contribution is -0.138. The number of halogens is 1. The predicted molar refractivity (Wildman–Crippen MR) is 95.9 cm³/mol. The van der Waals surface area contributed by atoms with E-state index in [0.717, 1.165) is 5.56 Å². The predicted octanol–water partition coefficient (Wildman–Crippen LogP) is 3.67. The van der Waals surface area contributed by atoms with Crippen LogP contribution < -0.4 is 10.6 Å². The van der Waals surface area contributed by atoms with Crippen LogP contribution in [0.3, 0.4) is 0 Å². The maximum Gasteiger partial charge on any atom is 0.338 e. The molecule has 0 bridgehead atoms. The van der Waals surface area contributed by atoms with E-state index in [9.17, 15) is 9.59 Å². The molecular weight excluding hydrogens is 340 g/mol. The second-order valence-corrected chi connectivity index (χ2v) is 5.90. The Balaban J connectivity index is 2.18. The van der Waals surface area contributed by atoms with Gasteiger partial charge in [-0.1, -0.05) is 54.1 Å². The van der Waals surface area contributed by atoms with Gasteiger partial charge >= 0.3 is 12.0 Å². The van der Waals surface area contributed by atoms with E-state index < -0.39 is 18.0 Å². The minimum Gasteiger partial charge on any atom is -0.463 e. The van der Waals surface area contributed by atoms with Crippen LogP contribution in [0.1, 0.15) is 24.1 Å². The van der Waals surface area contributed by atoms with Crippen LogP contribution in [-0.2, 0) is 9.53 Å². The Morgan fingerprint density at radius 1 is 1.16 bits per heavy atom. The van der Waals surface area contributed by atoms with Crippen molar-refractivity contribution in [2.75, 3.05) is 6.61 Å². The second kappa shape index (κ2) is 7.40. The zero-order valence-electron chi connectivity index (χ0n) is 13.6. The van der Waals surface area contributed by atoms with Gasteiger partial charge in [-0.25, -0.2) is 9.59 Å². The first-order valence-electron chi connectivity index (χ1n) is 7.90. The van der Waals surface area contributed by atoms with E-state index in [0.29, 0.717) is 21.9 Å². The van der Waals surface area contributed by atoms with Crippen molar-refractivity contribution in [3.8, 4) is 0 Å². The second-order valence-electron chi connectivity index (χ2n) is 5.46. The van der Waals surface area contributed by atoms with Crippen molar-refractivity contribution in [2.24, 2.45) is 0 Å². The van der Waals surface area contributed by atoms with E-state index in [2.05, 4.69) is 10.6 Å². The van der Waals surface area contributed by atoms with Crippen molar-refractivity contribution in [1.82, 2.24) is 10.6 Å². The number of nitrogens with one attached hydrogen (secondary N) is 2. The average molecular weight is 357 g/mol. The van der Waals surface area contributed by atoms with Crippen LogP contribution in [0.5, 0.6) is 0 Å². The summed E-state index contributed by atoms with van der Waals surface area (Å²) in [5, 5.41) is 6.04. The van der Waals surface area contributed by atoms with Crippen LogP contribution in [0.2, 0.25) is 5.02 Å². The first-order valence-corrected chi connectivity index (χ1v) is 8.27. The molecule has 0 radical (unpaired) electrons. The molecule has 25 heavy (non-hydrogen) atoms. The SMILES string of the molecule is CCOC(=O)C1=C(c2ccccc2)NC(=O)N[C@H]1c1cccc(Cl)c1. The monoisotopic (exact) mass is 356 g/mol. The van der Waals surface area contributed by atoms with Crippen LogP contribution in [0.25, 0.3) is 5.70 Å². The van der Waals surface area contributed by atoms with Crippen molar-refractivity contribution >= 4 is 29.3 Å². The third-order valence-corrected chi connectivity index (χ3v) is 4.05. The maximum atomic E-state index is 12.7. The van der Waals surface area contributed by atoms with Crippen molar-refractivity contribution in [3.05, 3.63) is 76.3 Å². The Kier molecular flexibility index (Phi) is 5.05. The molecule has 0 spiro atoms. The lowest BCUT2D eigenvalue weighted by Gasteiger charge is -2.29. The lowest BCUT2D eigenvalue weighted by Crippen LogP contribution is -2.45. The van der Waals surface area contributed by atoms with Crippen LogP contribution in [0.4, 0.5) is 4.79 Å². The molecule has 2 N–H and O–H groups in total. The number of carbonyl (C=O) groups is 2. The lowest BCUT2D eigenvalue weighted by atomic mass is 9.93. The first kappa shape index (κ1) is 17.0. The summed E-state index contributed by atoms with van der Waals surface area (Å²) in [6, 6.07) is 15.2. The molecule has 2 aromatic rings. The van der Waals surface area contributed by atoms with E-state index in [1.165, 1.54) is 0 Å². The summed E-state index contributed by atoms with van der Waals surface area (Å²) in [5.74, 6) is -0.487. The number of amides is 2. The van der Waals surface area contributed by atoms with Crippen LogP contribution in [-0.4, -0.2) is 18.6 Å². The van der Waals surface area contributed by atoms with Gasteiger partial charge in [0.1, 0.15) is 0 Å². The molecule has 0 unspecified atom stereocenters. The molecule has 0 aliphatic carbocycles. The van der Waals surface area contributed by atoms with Crippen LogP contribution >= 0.6 is 11.6 Å². The molecule has 2 aromatic carbocycles. The fraction of sp³-hybridized carbons (Fsp3) is 0.158. The van der Waals surface area contributed by atoms with Crippen molar-refractivity contribution in [1.29, 1.82) is 0 Å². The van der Waals surface area contributed by atoms with E-state index >= 15 is 0 Å². The number of hydrogen-bond acceptors (Lipinski definition) is 3. The number of ether oxygens (including phenoxy) is 1. The summed E-state index contributed by atoms with van der Waals surface area (Å²) in [4.78, 5) is 24.9. The smallest absolute Gasteiger partial charge is 0.338 e. The summed E-state index contributed by atoms with van der Waals surface area (Å²) in [5.41, 5.74) is 2.22. The molecule has 0 fully saturated rings. The molecular formula is C19H17ClN2O3. The minimum absolute atomic E-state index is 0.237. The summed E-state index contributed by atoms with van der Waals surface area (Å²) in [6.07, 6.45) is 0. The number of hydrogen-bond donors (Lipinski definition) is 2. The van der Waals surface area contributed by atoms with Gasteiger partial charge < -0.3 is 15.4 Å². The molecule has 1 aliphatic heterocycles. The summed E-state index contributed by atoms with van der Waals surface area (Å²) >= 11 is 6.08. The molecule has 0 aromatic heterocycles. The Bertz CT molecular complexity index is 834. The molecule has 1 atom stereocenters. The van der Waals surface area contributed by atoms with Gasteiger partial charge in [-0.3, -0.25) is 0 Å². The summed E-state index contributed by atoms with van der Waals surface area (Å²) in [7, 11) is 0. The molecule has 1 heterocycles. The Labute approximate surface area is 150 Å². The van der Waals surface area contributed by atoms with E-state index in [-0.39, 0.29) is 6.61 Å². The molecule has 3 rings (SSSR count). The molecule has 0 saturated carbocycles. The molecule has 0 saturated heterocycles. The summed E-state index contributed by atoms with van der Waals surface area (Å²) in [6.45, 7) is 1.98. The molecule has 1 aliphatic rings. The standard InChI is InChI=1S/C19H17ClN2O3/c1-2-25-18(23)15-16(12-7-4-3-5-8-12)21-19(24)22-17(15)13-9-6-10-14(20)11-13/h3-11,17H,2H2,1H3,(H2,21,22,24)/t17-/m0/s1. The number of benzene rings is 2. The number of esters is 1. The molecule has 2 amide bonds. The fourth-order valence-corrected chi connectivity index (χ4v) is 2.96. The topological polar surface area (TPSA) is 67.4 Å². The largest absolute Gasteiger partial charge is 0.463 e. The van der Waals surface area contributed by atoms with Gasteiger partial charge in [0, 0.05) is 5.02 Å². The average Bonchev–Trinajstić information content (AvgIpc) is 2.62. The van der Waals surface area contributed by atoms with E-state index in [1.807, 2.05) is 36.4 Å². The highest BCUT2D eigenvalue weighted by atomic mass is 35.5. The highest BCUT2D eigenvalue weighted by Crippen LogP contribution is 2.32. The molecule has 128 valence electrons. The van der Waals surface area contributed by atoms with Crippen molar-refractivity contribution in [2.45, 2.75) is 13.0 Å². The first-order chi connectivity index (χ1) is 12.1. The normalized spacial score (nSPS) is 16.9. The van der Waals surface area contributed by atoms with Gasteiger partial charge in [-0.05, 0) is 30.2 Å². The van der Waals surface area contributed by atoms with Crippen molar-refractivity contribution in [3.63, 3.8) is 0 Å².